The first kappa shape index (κ1) is 13.4. The van der Waals surface area contributed by atoms with Gasteiger partial charge in [0.25, 0.3) is 0 Å². The van der Waals surface area contributed by atoms with Crippen LogP contribution in [0.5, 0.6) is 5.75 Å². The first-order valence-corrected chi connectivity index (χ1v) is 9.36. The van der Waals surface area contributed by atoms with Gasteiger partial charge in [0.15, 0.2) is 0 Å². The van der Waals surface area contributed by atoms with E-state index in [0.717, 1.165) is 37.4 Å². The van der Waals surface area contributed by atoms with Crippen molar-refractivity contribution in [1.82, 2.24) is 4.67 Å². The van der Waals surface area contributed by atoms with Crippen molar-refractivity contribution in [2.45, 2.75) is 0 Å². The van der Waals surface area contributed by atoms with Crippen LogP contribution in [0.2, 0.25) is 0 Å². The molecule has 1 aliphatic rings. The van der Waals surface area contributed by atoms with Gasteiger partial charge in [-0.1, -0.05) is 23.9 Å². The summed E-state index contributed by atoms with van der Waals surface area (Å²) in [6.45, 7) is 3.15. The Labute approximate surface area is 112 Å². The summed E-state index contributed by atoms with van der Waals surface area (Å²) in [5.74, 6) is 0.831. The molecule has 0 aromatic heterocycles. The second-order valence-electron chi connectivity index (χ2n) is 3.78. The largest absolute Gasteiger partial charge is 0.496 e. The van der Waals surface area contributed by atoms with E-state index in [1.165, 1.54) is 0 Å². The zero-order valence-corrected chi connectivity index (χ0v) is 12.3. The van der Waals surface area contributed by atoms with Gasteiger partial charge in [0.2, 0.25) is 0 Å². The molecule has 1 unspecified atom stereocenters. The van der Waals surface area contributed by atoms with Crippen molar-refractivity contribution in [3.63, 3.8) is 0 Å². The van der Waals surface area contributed by atoms with Crippen LogP contribution in [0.4, 0.5) is 0 Å². The molecule has 0 saturated carbocycles. The van der Waals surface area contributed by atoms with Crippen LogP contribution >= 0.6 is 17.6 Å². The first-order valence-electron chi connectivity index (χ1n) is 5.46. The minimum atomic E-state index is -2.02. The molecule has 0 bridgehead atoms. The standard InChI is InChI=1S/C11H16NO2PS2/c1-13-10-4-2-3-5-11(10)15(16,17)12-6-8-14-9-7-12/h2-5H,6-9H2,1H3,(H,16,17). The maximum absolute atomic E-state index is 5.75. The summed E-state index contributed by atoms with van der Waals surface area (Å²) < 4.78 is 13.0. The number of benzene rings is 1. The van der Waals surface area contributed by atoms with E-state index in [9.17, 15) is 0 Å². The summed E-state index contributed by atoms with van der Waals surface area (Å²) >= 11 is 10.5. The van der Waals surface area contributed by atoms with Gasteiger partial charge >= 0.3 is 0 Å². The van der Waals surface area contributed by atoms with Gasteiger partial charge in [-0.25, -0.2) is 0 Å². The predicted molar refractivity (Wildman–Crippen MR) is 78.3 cm³/mol. The lowest BCUT2D eigenvalue weighted by Crippen LogP contribution is -2.35. The molecule has 17 heavy (non-hydrogen) atoms. The first-order chi connectivity index (χ1) is 8.16. The fourth-order valence-electron chi connectivity index (χ4n) is 1.85. The number of methoxy groups -OCH3 is 1. The number of hydrogen-bond acceptors (Lipinski definition) is 3. The van der Waals surface area contributed by atoms with Gasteiger partial charge < -0.3 is 9.47 Å². The average molecular weight is 289 g/mol. The highest BCUT2D eigenvalue weighted by Crippen LogP contribution is 2.55. The van der Waals surface area contributed by atoms with Gasteiger partial charge in [0.05, 0.1) is 31.0 Å². The number of nitrogens with zero attached hydrogens (tertiary/aromatic N) is 1. The molecule has 1 heterocycles. The lowest BCUT2D eigenvalue weighted by molar-refractivity contribution is 0.0758. The summed E-state index contributed by atoms with van der Waals surface area (Å²) in [7, 11) is 1.67. The van der Waals surface area contributed by atoms with E-state index in [1.807, 2.05) is 24.3 Å². The van der Waals surface area contributed by atoms with Crippen LogP contribution in [0.3, 0.4) is 0 Å². The van der Waals surface area contributed by atoms with E-state index in [4.69, 9.17) is 33.5 Å². The number of thiol groups is 1. The highest BCUT2D eigenvalue weighted by Gasteiger charge is 2.28. The average Bonchev–Trinajstić information content (AvgIpc) is 2.39. The van der Waals surface area contributed by atoms with Crippen LogP contribution in [0.1, 0.15) is 0 Å². The molecule has 1 saturated heterocycles. The molecule has 1 aromatic rings. The van der Waals surface area contributed by atoms with E-state index < -0.39 is 5.39 Å². The number of para-hydroxylation sites is 1. The van der Waals surface area contributed by atoms with Crippen molar-refractivity contribution in [2.75, 3.05) is 33.4 Å². The number of ether oxygens (including phenoxy) is 2. The molecular formula is C11H16NO2PS2. The molecular weight excluding hydrogens is 273 g/mol. The summed E-state index contributed by atoms with van der Waals surface area (Å²) in [6, 6.07) is 7.88. The third kappa shape index (κ3) is 2.85. The van der Waals surface area contributed by atoms with Crippen molar-refractivity contribution >= 4 is 34.8 Å². The van der Waals surface area contributed by atoms with E-state index in [0.29, 0.717) is 0 Å². The van der Waals surface area contributed by atoms with E-state index >= 15 is 0 Å². The summed E-state index contributed by atoms with van der Waals surface area (Å²) in [6.07, 6.45) is 0. The van der Waals surface area contributed by atoms with Gasteiger partial charge in [0, 0.05) is 13.1 Å². The lowest BCUT2D eigenvalue weighted by atomic mass is 10.3. The van der Waals surface area contributed by atoms with E-state index in [2.05, 4.69) is 4.67 Å². The number of morpholine rings is 1. The van der Waals surface area contributed by atoms with Gasteiger partial charge in [0.1, 0.15) is 5.75 Å². The second-order valence-corrected chi connectivity index (χ2v) is 10.1. The fraction of sp³-hybridized carbons (Fsp3) is 0.455. The highest BCUT2D eigenvalue weighted by molar-refractivity contribution is 8.65. The molecule has 0 N–H and O–H groups in total. The van der Waals surface area contributed by atoms with Crippen LogP contribution in [0.25, 0.3) is 0 Å². The minimum Gasteiger partial charge on any atom is -0.496 e. The molecule has 94 valence electrons. The van der Waals surface area contributed by atoms with Crippen molar-refractivity contribution in [3.8, 4) is 5.75 Å². The normalized spacial score (nSPS) is 20.8. The maximum Gasteiger partial charge on any atom is 0.129 e. The Hall–Kier alpha value is -0.0600. The minimum absolute atomic E-state index is 0.730. The molecule has 3 nitrogen and oxygen atoms in total. The van der Waals surface area contributed by atoms with Crippen LogP contribution in [0.15, 0.2) is 24.3 Å². The van der Waals surface area contributed by atoms with Gasteiger partial charge in [-0.15, -0.1) is 12.2 Å². The Morgan fingerprint density at radius 3 is 2.65 bits per heavy atom. The summed E-state index contributed by atoms with van der Waals surface area (Å²) in [4.78, 5) is 0. The molecule has 1 aliphatic heterocycles. The van der Waals surface area contributed by atoms with Crippen molar-refractivity contribution in [2.24, 2.45) is 0 Å². The second kappa shape index (κ2) is 5.72. The monoisotopic (exact) mass is 289 g/mol. The van der Waals surface area contributed by atoms with Crippen LogP contribution < -0.4 is 10.0 Å². The topological polar surface area (TPSA) is 21.7 Å². The van der Waals surface area contributed by atoms with Gasteiger partial charge in [-0.3, -0.25) is 4.67 Å². The van der Waals surface area contributed by atoms with Gasteiger partial charge in [-0.05, 0) is 12.1 Å². The quantitative estimate of drug-likeness (QED) is 0.677. The van der Waals surface area contributed by atoms with Crippen molar-refractivity contribution < 1.29 is 9.47 Å². The Bertz CT molecular complexity index is 435. The maximum atomic E-state index is 5.75. The Morgan fingerprint density at radius 2 is 2.00 bits per heavy atom. The lowest BCUT2D eigenvalue weighted by Gasteiger charge is -2.35. The summed E-state index contributed by atoms with van der Waals surface area (Å²) in [5.41, 5.74) is 0. The summed E-state index contributed by atoms with van der Waals surface area (Å²) in [5, 5.41) is -0.988. The molecule has 0 spiro atoms. The van der Waals surface area contributed by atoms with Gasteiger partial charge in [-0.2, -0.15) is 0 Å². The van der Waals surface area contributed by atoms with Crippen LogP contribution in [-0.2, 0) is 16.5 Å². The fourth-order valence-corrected chi connectivity index (χ4v) is 5.57. The third-order valence-corrected chi connectivity index (χ3v) is 7.62. The Morgan fingerprint density at radius 1 is 1.35 bits per heavy atom. The third-order valence-electron chi connectivity index (χ3n) is 2.77. The number of hydrogen-bond donors (Lipinski definition) is 1. The molecule has 1 aromatic carbocycles. The molecule has 0 amide bonds. The zero-order valence-electron chi connectivity index (χ0n) is 9.70. The van der Waals surface area contributed by atoms with Crippen molar-refractivity contribution in [3.05, 3.63) is 24.3 Å². The molecule has 2 rings (SSSR count). The smallest absolute Gasteiger partial charge is 0.129 e. The highest BCUT2D eigenvalue weighted by atomic mass is 32.9. The van der Waals surface area contributed by atoms with Crippen LogP contribution in [0, 0.1) is 0 Å². The number of rotatable bonds is 3. The molecule has 0 aliphatic carbocycles. The molecule has 1 atom stereocenters. The van der Waals surface area contributed by atoms with Crippen LogP contribution in [-0.4, -0.2) is 38.1 Å². The molecule has 6 heteroatoms. The van der Waals surface area contributed by atoms with E-state index in [-0.39, 0.29) is 0 Å². The Kier molecular flexibility index (Phi) is 4.50. The molecule has 1 fully saturated rings. The molecule has 0 radical (unpaired) electrons. The predicted octanol–water partition coefficient (Wildman–Crippen LogP) is 1.89. The SMILES string of the molecule is COc1ccccc1P(=S)(S)N1CCOCC1. The van der Waals surface area contributed by atoms with Crippen molar-refractivity contribution in [1.29, 1.82) is 0 Å². The zero-order chi connectivity index (χ0) is 12.3. The van der Waals surface area contributed by atoms with E-state index in [1.54, 1.807) is 7.11 Å². The Balaban J connectivity index is 2.32.